The molecule has 0 radical (unpaired) electrons. The minimum absolute atomic E-state index is 0.134. The topological polar surface area (TPSA) is 78.5 Å². The van der Waals surface area contributed by atoms with Crippen LogP contribution in [-0.2, 0) is 15.5 Å². The van der Waals surface area contributed by atoms with E-state index < -0.39 is 6.72 Å². The first-order valence-corrected chi connectivity index (χ1v) is 5.76. The maximum absolute atomic E-state index is 10.6. The zero-order chi connectivity index (χ0) is 7.33. The average Bonchev–Trinajstić information content (AvgIpc) is 1.84. The summed E-state index contributed by atoms with van der Waals surface area (Å²) in [7, 11) is 0.800. The molecule has 0 aliphatic heterocycles. The molecule has 0 aliphatic rings. The second kappa shape index (κ2) is 4.33. The van der Waals surface area contributed by atoms with E-state index in [4.69, 9.17) is 10.6 Å². The molecule has 0 amide bonds. The first-order chi connectivity index (χ1) is 4.12. The van der Waals surface area contributed by atoms with Gasteiger partial charge in [-0.25, -0.2) is 0 Å². The highest BCUT2D eigenvalue weighted by Gasteiger charge is 2.07. The van der Waals surface area contributed by atoms with Crippen LogP contribution in [0.1, 0.15) is 0 Å². The molecule has 1 atom stereocenters. The van der Waals surface area contributed by atoms with Gasteiger partial charge < -0.3 is 20.0 Å². The molecule has 0 spiro atoms. The van der Waals surface area contributed by atoms with Gasteiger partial charge in [-0.3, -0.25) is 0 Å². The third-order valence-corrected chi connectivity index (χ3v) is 3.27. The Labute approximate surface area is 57.9 Å². The second-order valence-electron chi connectivity index (χ2n) is 1.27. The molecule has 0 heterocycles. The van der Waals surface area contributed by atoms with E-state index in [1.165, 1.54) is 6.26 Å². The van der Waals surface area contributed by atoms with E-state index in [1.54, 1.807) is 0 Å². The lowest BCUT2D eigenvalue weighted by molar-refractivity contribution is -0.201. The van der Waals surface area contributed by atoms with E-state index in [9.17, 15) is 4.89 Å². The van der Waals surface area contributed by atoms with E-state index in [2.05, 4.69) is 4.52 Å². The standard InChI is InChI=1S/C3H10NO3PS/c1-9-8(5,6)7-3-2-4/h2-4H2,1H3,(H-,5,6). The number of rotatable bonds is 3. The maximum Gasteiger partial charge on any atom is 0.315 e. The summed E-state index contributed by atoms with van der Waals surface area (Å²) in [5, 5.41) is 0. The Hall–Kier alpha value is 0.490. The lowest BCUT2D eigenvalue weighted by Crippen LogP contribution is -2.12. The van der Waals surface area contributed by atoms with Gasteiger partial charge in [-0.15, -0.1) is 0 Å². The first kappa shape index (κ1) is 9.49. The molecule has 56 valence electrons. The highest BCUT2D eigenvalue weighted by molar-refractivity contribution is 8.15. The molecule has 0 aliphatic carbocycles. The summed E-state index contributed by atoms with van der Waals surface area (Å²) < 4.78 is 4.48. The zero-order valence-corrected chi connectivity index (χ0v) is 6.82. The van der Waals surface area contributed by atoms with Crippen LogP contribution in [0.5, 0.6) is 0 Å². The van der Waals surface area contributed by atoms with Crippen LogP contribution in [0, 0.1) is 0 Å². The minimum atomic E-state index is -3.35. The van der Waals surface area contributed by atoms with Crippen LogP contribution in [0.3, 0.4) is 0 Å². The van der Waals surface area contributed by atoms with Crippen LogP contribution < -0.4 is 10.6 Å². The van der Waals surface area contributed by atoms with E-state index >= 15 is 0 Å². The van der Waals surface area contributed by atoms with Gasteiger partial charge >= 0.3 is 6.72 Å². The molecule has 0 aromatic carbocycles. The Kier molecular flexibility index (Phi) is 4.56. The van der Waals surface area contributed by atoms with Crippen LogP contribution in [0.15, 0.2) is 0 Å². The van der Waals surface area contributed by atoms with Crippen molar-refractivity contribution < 1.29 is 14.3 Å². The maximum atomic E-state index is 10.6. The monoisotopic (exact) mass is 171 g/mol. The summed E-state index contributed by atoms with van der Waals surface area (Å²) in [5.74, 6) is 0. The highest BCUT2D eigenvalue weighted by atomic mass is 32.5. The van der Waals surface area contributed by atoms with Crippen LogP contribution in [-0.4, -0.2) is 24.3 Å². The Morgan fingerprint density at radius 1 is 1.89 bits per heavy atom. The molecule has 9 heavy (non-hydrogen) atoms. The molecule has 0 bridgehead atoms. The lowest BCUT2D eigenvalue weighted by atomic mass is 10.8. The number of nitrogens with two attached hydrogens (primary N) is 1. The van der Waals surface area contributed by atoms with Crippen molar-refractivity contribution in [3.8, 4) is 0 Å². The van der Waals surface area contributed by atoms with E-state index in [-0.39, 0.29) is 13.2 Å². The lowest BCUT2D eigenvalue weighted by Gasteiger charge is -2.11. The molecule has 0 aromatic rings. The van der Waals surface area contributed by atoms with Crippen molar-refractivity contribution in [2.45, 2.75) is 0 Å². The summed E-state index contributed by atoms with van der Waals surface area (Å²) in [6.45, 7) is -2.95. The molecule has 3 N–H and O–H groups in total. The Morgan fingerprint density at radius 2 is 2.44 bits per heavy atom. The summed E-state index contributed by atoms with van der Waals surface area (Å²) in [4.78, 5) is 19.3. The van der Waals surface area contributed by atoms with Crippen molar-refractivity contribution in [3.05, 3.63) is 0 Å². The van der Waals surface area contributed by atoms with Crippen LogP contribution in [0.4, 0.5) is 0 Å². The largest absolute Gasteiger partial charge is 0.742 e. The third kappa shape index (κ3) is 4.96. The van der Waals surface area contributed by atoms with E-state index in [0.29, 0.717) is 0 Å². The van der Waals surface area contributed by atoms with Gasteiger partial charge in [-0.1, -0.05) is 0 Å². The third-order valence-electron chi connectivity index (χ3n) is 0.603. The molecule has 0 fully saturated rings. The van der Waals surface area contributed by atoms with Gasteiger partial charge in [0.15, 0.2) is 17.2 Å². The SMILES string of the molecule is C[S+]=P([O-])(O)OCCN. The normalized spacial score (nSPS) is 16.9. The number of hydrogen-bond donors (Lipinski definition) is 2. The van der Waals surface area contributed by atoms with Crippen LogP contribution in [0.25, 0.3) is 0 Å². The molecule has 1 unspecified atom stereocenters. The Morgan fingerprint density at radius 3 is 2.78 bits per heavy atom. The van der Waals surface area contributed by atoms with Crippen molar-refractivity contribution in [3.63, 3.8) is 0 Å². The smallest absolute Gasteiger partial charge is 0.315 e. The Balaban J connectivity index is 3.60. The quantitative estimate of drug-likeness (QED) is 0.409. The van der Waals surface area contributed by atoms with Gasteiger partial charge in [-0.05, 0) is 0 Å². The predicted molar refractivity (Wildman–Crippen MR) is 37.4 cm³/mol. The number of hydrogen-bond acceptors (Lipinski definition) is 3. The van der Waals surface area contributed by atoms with Gasteiger partial charge in [0.2, 0.25) is 0 Å². The van der Waals surface area contributed by atoms with Gasteiger partial charge in [0, 0.05) is 6.54 Å². The fraction of sp³-hybridized carbons (Fsp3) is 1.00. The zero-order valence-electron chi connectivity index (χ0n) is 5.11. The van der Waals surface area contributed by atoms with Crippen molar-refractivity contribution in [1.29, 1.82) is 0 Å². The second-order valence-corrected chi connectivity index (χ2v) is 5.31. The molecule has 0 saturated carbocycles. The van der Waals surface area contributed by atoms with Gasteiger partial charge in [0.05, 0.1) is 6.61 Å². The summed E-state index contributed by atoms with van der Waals surface area (Å²) in [6, 6.07) is 0. The van der Waals surface area contributed by atoms with E-state index in [1.807, 2.05) is 0 Å². The van der Waals surface area contributed by atoms with Gasteiger partial charge in [-0.2, -0.15) is 0 Å². The molecule has 0 saturated heterocycles. The minimum Gasteiger partial charge on any atom is -0.742 e. The highest BCUT2D eigenvalue weighted by Crippen LogP contribution is 2.32. The van der Waals surface area contributed by atoms with Gasteiger partial charge in [0.25, 0.3) is 0 Å². The molecule has 0 aromatic heterocycles. The van der Waals surface area contributed by atoms with Crippen molar-refractivity contribution >= 4 is 17.7 Å². The van der Waals surface area contributed by atoms with Crippen LogP contribution in [0.2, 0.25) is 0 Å². The summed E-state index contributed by atoms with van der Waals surface area (Å²) in [6.07, 6.45) is 1.51. The van der Waals surface area contributed by atoms with Crippen LogP contribution >= 0.6 is 6.72 Å². The van der Waals surface area contributed by atoms with Crippen molar-refractivity contribution in [1.82, 2.24) is 0 Å². The molecule has 4 nitrogen and oxygen atoms in total. The fourth-order valence-electron chi connectivity index (χ4n) is 0.221. The van der Waals surface area contributed by atoms with Crippen molar-refractivity contribution in [2.24, 2.45) is 5.73 Å². The van der Waals surface area contributed by atoms with E-state index in [0.717, 1.165) is 10.9 Å². The molecular formula is C3H10NO3PS. The van der Waals surface area contributed by atoms with Gasteiger partial charge in [0.1, 0.15) is 0 Å². The first-order valence-electron chi connectivity index (χ1n) is 2.35. The summed E-state index contributed by atoms with van der Waals surface area (Å²) >= 11 is 0. The Bertz CT molecular complexity index is 122. The average molecular weight is 171 g/mol. The fourth-order valence-corrected chi connectivity index (χ4v) is 1.20. The molecular weight excluding hydrogens is 161 g/mol. The summed E-state index contributed by atoms with van der Waals surface area (Å²) in [5.41, 5.74) is 5.02. The van der Waals surface area contributed by atoms with Crippen molar-refractivity contribution in [2.75, 3.05) is 19.4 Å². The molecule has 6 heteroatoms. The molecule has 0 rings (SSSR count). The predicted octanol–water partition coefficient (Wildman–Crippen LogP) is -1.30.